The molecule has 0 aromatic carbocycles. The van der Waals surface area contributed by atoms with Gasteiger partial charge in [0, 0.05) is 19.7 Å². The van der Waals surface area contributed by atoms with Crippen molar-refractivity contribution in [1.82, 2.24) is 4.90 Å². The molecule has 18 heavy (non-hydrogen) atoms. The number of ether oxygens (including phenoxy) is 1. The van der Waals surface area contributed by atoms with E-state index in [1.54, 1.807) is 7.11 Å². The van der Waals surface area contributed by atoms with Crippen LogP contribution in [0, 0.1) is 5.92 Å². The zero-order valence-corrected chi connectivity index (χ0v) is 11.7. The summed E-state index contributed by atoms with van der Waals surface area (Å²) in [4.78, 5) is 24.3. The van der Waals surface area contributed by atoms with E-state index in [2.05, 4.69) is 6.92 Å². The van der Waals surface area contributed by atoms with Gasteiger partial charge in [-0.15, -0.1) is 11.8 Å². The van der Waals surface area contributed by atoms with Crippen LogP contribution in [0.1, 0.15) is 19.8 Å². The number of carboxylic acid groups (broad SMARTS) is 1. The third-order valence-corrected chi connectivity index (χ3v) is 4.01. The standard InChI is InChI=1S/C12H21NO4S/c1-9(10-3-4-10)13(5-6-17-2)11(14)7-18-8-12(15)16/h9-10H,3-8H2,1-2H3,(H,15,16). The van der Waals surface area contributed by atoms with Crippen LogP contribution >= 0.6 is 11.8 Å². The van der Waals surface area contributed by atoms with Crippen molar-refractivity contribution in [3.8, 4) is 0 Å². The van der Waals surface area contributed by atoms with Gasteiger partial charge in [0.05, 0.1) is 18.1 Å². The van der Waals surface area contributed by atoms with E-state index in [0.717, 1.165) is 11.8 Å². The molecule has 0 radical (unpaired) electrons. The van der Waals surface area contributed by atoms with Crippen LogP contribution in [0.3, 0.4) is 0 Å². The maximum atomic E-state index is 12.1. The van der Waals surface area contributed by atoms with Gasteiger partial charge >= 0.3 is 5.97 Å². The highest BCUT2D eigenvalue weighted by molar-refractivity contribution is 8.00. The van der Waals surface area contributed by atoms with Crippen molar-refractivity contribution in [3.05, 3.63) is 0 Å². The summed E-state index contributed by atoms with van der Waals surface area (Å²) in [6, 6.07) is 0.234. The first kappa shape index (κ1) is 15.3. The Bertz CT molecular complexity index is 294. The molecule has 0 aromatic heterocycles. The summed E-state index contributed by atoms with van der Waals surface area (Å²) < 4.78 is 5.02. The lowest BCUT2D eigenvalue weighted by atomic mass is 10.2. The van der Waals surface area contributed by atoms with Gasteiger partial charge in [0.25, 0.3) is 0 Å². The summed E-state index contributed by atoms with van der Waals surface area (Å²) in [5, 5.41) is 8.55. The molecule has 1 N–H and O–H groups in total. The van der Waals surface area contributed by atoms with Gasteiger partial charge in [-0.1, -0.05) is 0 Å². The van der Waals surface area contributed by atoms with Crippen LogP contribution in [0.25, 0.3) is 0 Å². The molecule has 104 valence electrons. The Balaban J connectivity index is 2.41. The van der Waals surface area contributed by atoms with Crippen LogP contribution < -0.4 is 0 Å². The molecule has 1 atom stereocenters. The predicted molar refractivity (Wildman–Crippen MR) is 70.7 cm³/mol. The molecule has 0 aromatic rings. The number of hydrogen-bond donors (Lipinski definition) is 1. The minimum Gasteiger partial charge on any atom is -0.481 e. The number of methoxy groups -OCH3 is 1. The van der Waals surface area contributed by atoms with Gasteiger partial charge in [0.15, 0.2) is 0 Å². The van der Waals surface area contributed by atoms with Gasteiger partial charge in [0.2, 0.25) is 5.91 Å². The Morgan fingerprint density at radius 1 is 1.44 bits per heavy atom. The molecule has 0 spiro atoms. The van der Waals surface area contributed by atoms with Gasteiger partial charge in [-0.2, -0.15) is 0 Å². The van der Waals surface area contributed by atoms with Crippen molar-refractivity contribution in [1.29, 1.82) is 0 Å². The molecule has 1 fully saturated rings. The second kappa shape index (κ2) is 7.63. The number of carbonyl (C=O) groups excluding carboxylic acids is 1. The van der Waals surface area contributed by atoms with Crippen LogP contribution in [-0.2, 0) is 14.3 Å². The van der Waals surface area contributed by atoms with E-state index >= 15 is 0 Å². The third-order valence-electron chi connectivity index (χ3n) is 3.10. The molecule has 1 amide bonds. The largest absolute Gasteiger partial charge is 0.481 e. The van der Waals surface area contributed by atoms with E-state index in [1.165, 1.54) is 12.8 Å². The summed E-state index contributed by atoms with van der Waals surface area (Å²) >= 11 is 1.15. The Hall–Kier alpha value is -0.750. The van der Waals surface area contributed by atoms with Crippen molar-refractivity contribution < 1.29 is 19.4 Å². The SMILES string of the molecule is COCCN(C(=O)CSCC(=O)O)C(C)C1CC1. The number of hydrogen-bond acceptors (Lipinski definition) is 4. The van der Waals surface area contributed by atoms with Crippen LogP contribution in [0.15, 0.2) is 0 Å². The molecule has 6 heteroatoms. The maximum Gasteiger partial charge on any atom is 0.313 e. The van der Waals surface area contributed by atoms with Crippen molar-refractivity contribution in [2.45, 2.75) is 25.8 Å². The number of thioether (sulfide) groups is 1. The van der Waals surface area contributed by atoms with Gasteiger partial charge in [-0.3, -0.25) is 9.59 Å². The van der Waals surface area contributed by atoms with E-state index in [9.17, 15) is 9.59 Å². The first-order valence-electron chi connectivity index (χ1n) is 6.14. The molecule has 1 aliphatic carbocycles. The second-order valence-electron chi connectivity index (χ2n) is 4.54. The normalized spacial score (nSPS) is 16.3. The second-order valence-corrected chi connectivity index (χ2v) is 5.53. The molecule has 1 unspecified atom stereocenters. The van der Waals surface area contributed by atoms with Crippen LogP contribution in [-0.4, -0.2) is 59.7 Å². The summed E-state index contributed by atoms with van der Waals surface area (Å²) in [5.41, 5.74) is 0. The summed E-state index contributed by atoms with van der Waals surface area (Å²) in [5.74, 6) is -0.0613. The van der Waals surface area contributed by atoms with Crippen molar-refractivity contribution in [2.75, 3.05) is 31.8 Å². The molecule has 0 aliphatic heterocycles. The fourth-order valence-electron chi connectivity index (χ4n) is 1.89. The minimum absolute atomic E-state index is 0.0118. The zero-order valence-electron chi connectivity index (χ0n) is 10.9. The van der Waals surface area contributed by atoms with Crippen LogP contribution in [0.5, 0.6) is 0 Å². The molecule has 1 rings (SSSR count). The van der Waals surface area contributed by atoms with Crippen molar-refractivity contribution in [2.24, 2.45) is 5.92 Å². The number of carbonyl (C=O) groups is 2. The number of rotatable bonds is 9. The van der Waals surface area contributed by atoms with Crippen LogP contribution in [0.2, 0.25) is 0 Å². The smallest absolute Gasteiger partial charge is 0.313 e. The van der Waals surface area contributed by atoms with Gasteiger partial charge < -0.3 is 14.7 Å². The monoisotopic (exact) mass is 275 g/mol. The highest BCUT2D eigenvalue weighted by Gasteiger charge is 2.33. The van der Waals surface area contributed by atoms with Gasteiger partial charge in [-0.25, -0.2) is 0 Å². The fraction of sp³-hybridized carbons (Fsp3) is 0.833. The van der Waals surface area contributed by atoms with Gasteiger partial charge in [0.1, 0.15) is 0 Å². The Kier molecular flexibility index (Phi) is 6.49. The first-order valence-corrected chi connectivity index (χ1v) is 7.29. The maximum absolute atomic E-state index is 12.1. The molecule has 1 saturated carbocycles. The Labute approximate surface area is 112 Å². The lowest BCUT2D eigenvalue weighted by Crippen LogP contribution is -2.43. The number of nitrogens with zero attached hydrogens (tertiary/aromatic N) is 1. The molecule has 0 heterocycles. The Morgan fingerprint density at radius 2 is 2.11 bits per heavy atom. The van der Waals surface area contributed by atoms with Crippen LogP contribution in [0.4, 0.5) is 0 Å². The van der Waals surface area contributed by atoms with Crippen molar-refractivity contribution in [3.63, 3.8) is 0 Å². The summed E-state index contributed by atoms with van der Waals surface area (Å²) in [6.45, 7) is 3.17. The number of carboxylic acids is 1. The summed E-state index contributed by atoms with van der Waals surface area (Å²) in [6.07, 6.45) is 2.36. The zero-order chi connectivity index (χ0) is 13.5. The molecule has 0 bridgehead atoms. The average Bonchev–Trinajstić information content (AvgIpc) is 3.12. The van der Waals surface area contributed by atoms with E-state index in [4.69, 9.17) is 9.84 Å². The highest BCUT2D eigenvalue weighted by Crippen LogP contribution is 2.35. The quantitative estimate of drug-likeness (QED) is 0.682. The molecule has 5 nitrogen and oxygen atoms in total. The molecule has 1 aliphatic rings. The molecular weight excluding hydrogens is 254 g/mol. The van der Waals surface area contributed by atoms with E-state index in [-0.39, 0.29) is 23.5 Å². The first-order chi connectivity index (χ1) is 8.56. The number of aliphatic carboxylic acids is 1. The van der Waals surface area contributed by atoms with E-state index in [0.29, 0.717) is 19.1 Å². The third kappa shape index (κ3) is 5.27. The highest BCUT2D eigenvalue weighted by atomic mass is 32.2. The summed E-state index contributed by atoms with van der Waals surface area (Å²) in [7, 11) is 1.61. The van der Waals surface area contributed by atoms with Crippen molar-refractivity contribution >= 4 is 23.6 Å². The minimum atomic E-state index is -0.883. The van der Waals surface area contributed by atoms with E-state index < -0.39 is 5.97 Å². The predicted octanol–water partition coefficient (Wildman–Crippen LogP) is 1.08. The topological polar surface area (TPSA) is 66.8 Å². The fourth-order valence-corrected chi connectivity index (χ4v) is 2.50. The van der Waals surface area contributed by atoms with E-state index in [1.807, 2.05) is 4.90 Å². The van der Waals surface area contributed by atoms with Gasteiger partial charge in [-0.05, 0) is 25.7 Å². The Morgan fingerprint density at radius 3 is 2.61 bits per heavy atom. The number of amides is 1. The molecular formula is C12H21NO4S. The molecule has 0 saturated heterocycles. The average molecular weight is 275 g/mol. The lowest BCUT2D eigenvalue weighted by molar-refractivity contribution is -0.133. The lowest BCUT2D eigenvalue weighted by Gasteiger charge is -2.29.